The molecule has 4 nitrogen and oxygen atoms in total. The van der Waals surface area contributed by atoms with E-state index in [2.05, 4.69) is 9.72 Å². The summed E-state index contributed by atoms with van der Waals surface area (Å²) in [5.41, 5.74) is 2.58. The first kappa shape index (κ1) is 12.9. The summed E-state index contributed by atoms with van der Waals surface area (Å²) < 4.78 is 10.4. The van der Waals surface area contributed by atoms with Crippen LogP contribution in [0.3, 0.4) is 0 Å². The van der Waals surface area contributed by atoms with Crippen LogP contribution >= 0.6 is 11.3 Å². The van der Waals surface area contributed by atoms with Crippen molar-refractivity contribution in [1.29, 1.82) is 0 Å². The Morgan fingerprint density at radius 1 is 1.40 bits per heavy atom. The smallest absolute Gasteiger partial charge is 0.311 e. The van der Waals surface area contributed by atoms with E-state index in [1.165, 1.54) is 18.4 Å². The zero-order chi connectivity index (χ0) is 14.1. The predicted octanol–water partition coefficient (Wildman–Crippen LogP) is 3.58. The number of rotatable bonds is 3. The topological polar surface area (TPSA) is 52.3 Å². The van der Waals surface area contributed by atoms with Gasteiger partial charge < -0.3 is 9.15 Å². The van der Waals surface area contributed by atoms with E-state index >= 15 is 0 Å². The number of carbonyl (C=O) groups excluding carboxylic acids is 1. The van der Waals surface area contributed by atoms with Crippen LogP contribution in [0.4, 0.5) is 0 Å². The molecular weight excluding hydrogens is 274 g/mol. The molecule has 0 spiro atoms. The number of hydrogen-bond acceptors (Lipinski definition) is 5. The van der Waals surface area contributed by atoms with E-state index in [0.29, 0.717) is 0 Å². The monoisotopic (exact) mass is 287 g/mol. The van der Waals surface area contributed by atoms with Gasteiger partial charge in [-0.1, -0.05) is 18.2 Å². The summed E-state index contributed by atoms with van der Waals surface area (Å²) in [4.78, 5) is 15.8. The number of nitrogens with zero attached hydrogens (tertiary/aromatic N) is 1. The quantitative estimate of drug-likeness (QED) is 0.691. The molecule has 0 aliphatic carbocycles. The van der Waals surface area contributed by atoms with Crippen molar-refractivity contribution in [3.63, 3.8) is 0 Å². The minimum atomic E-state index is -0.282. The fourth-order valence-electron chi connectivity index (χ4n) is 2.16. The molecule has 1 aromatic carbocycles. The Hall–Kier alpha value is -2.14. The van der Waals surface area contributed by atoms with Crippen LogP contribution in [-0.4, -0.2) is 18.1 Å². The fourth-order valence-corrected chi connectivity index (χ4v) is 3.08. The van der Waals surface area contributed by atoms with Crippen LogP contribution in [0.25, 0.3) is 21.5 Å². The number of aryl methyl sites for hydroxylation is 1. The van der Waals surface area contributed by atoms with Gasteiger partial charge in [0.1, 0.15) is 16.4 Å². The van der Waals surface area contributed by atoms with Crippen molar-refractivity contribution in [3.05, 3.63) is 41.1 Å². The lowest BCUT2D eigenvalue weighted by molar-refractivity contribution is -0.139. The third kappa shape index (κ3) is 2.20. The maximum absolute atomic E-state index is 11.3. The summed E-state index contributed by atoms with van der Waals surface area (Å²) in [5, 5.41) is 3.79. The molecule has 0 saturated carbocycles. The Morgan fingerprint density at radius 3 is 3.00 bits per heavy atom. The Kier molecular flexibility index (Phi) is 3.28. The number of carbonyl (C=O) groups is 1. The number of thiazole rings is 1. The van der Waals surface area contributed by atoms with Crippen LogP contribution in [0.5, 0.6) is 0 Å². The lowest BCUT2D eigenvalue weighted by Crippen LogP contribution is -2.04. The first-order valence-corrected chi connectivity index (χ1v) is 7.06. The van der Waals surface area contributed by atoms with Crippen LogP contribution in [0.2, 0.25) is 0 Å². The second kappa shape index (κ2) is 5.09. The summed E-state index contributed by atoms with van der Waals surface area (Å²) in [6.07, 6.45) is 0.196. The van der Waals surface area contributed by atoms with Crippen molar-refractivity contribution in [2.24, 2.45) is 0 Å². The van der Waals surface area contributed by atoms with E-state index in [-0.39, 0.29) is 12.4 Å². The van der Waals surface area contributed by atoms with E-state index in [0.717, 1.165) is 33.0 Å². The highest BCUT2D eigenvalue weighted by Crippen LogP contribution is 2.35. The minimum Gasteiger partial charge on any atom is -0.469 e. The summed E-state index contributed by atoms with van der Waals surface area (Å²) >= 11 is 1.51. The molecule has 3 rings (SSSR count). The van der Waals surface area contributed by atoms with Crippen molar-refractivity contribution in [2.45, 2.75) is 13.3 Å². The Bertz CT molecular complexity index is 772. The van der Waals surface area contributed by atoms with Gasteiger partial charge in [0.2, 0.25) is 0 Å². The second-order valence-electron chi connectivity index (χ2n) is 4.43. The van der Waals surface area contributed by atoms with E-state index in [9.17, 15) is 4.79 Å². The predicted molar refractivity (Wildman–Crippen MR) is 77.8 cm³/mol. The highest BCUT2D eigenvalue weighted by Gasteiger charge is 2.16. The van der Waals surface area contributed by atoms with Crippen LogP contribution in [0, 0.1) is 6.92 Å². The zero-order valence-electron chi connectivity index (χ0n) is 11.2. The summed E-state index contributed by atoms with van der Waals surface area (Å²) in [7, 11) is 1.38. The molecule has 0 aliphatic heterocycles. The molecule has 2 heterocycles. The molecule has 0 atom stereocenters. The molecule has 20 heavy (non-hydrogen) atoms. The van der Waals surface area contributed by atoms with Gasteiger partial charge in [-0.25, -0.2) is 4.98 Å². The molecule has 0 fully saturated rings. The van der Waals surface area contributed by atoms with Gasteiger partial charge in [0, 0.05) is 10.8 Å². The molecule has 0 aliphatic rings. The lowest BCUT2D eigenvalue weighted by Gasteiger charge is -1.95. The van der Waals surface area contributed by atoms with Crippen molar-refractivity contribution in [1.82, 2.24) is 4.98 Å². The van der Waals surface area contributed by atoms with Crippen molar-refractivity contribution in [3.8, 4) is 10.6 Å². The van der Waals surface area contributed by atoms with Gasteiger partial charge in [-0.05, 0) is 13.0 Å². The summed E-state index contributed by atoms with van der Waals surface area (Å²) in [5.74, 6) is 0.556. The van der Waals surface area contributed by atoms with Gasteiger partial charge in [-0.15, -0.1) is 11.3 Å². The molecule has 2 aromatic heterocycles. The number of esters is 1. The Morgan fingerprint density at radius 2 is 2.20 bits per heavy atom. The van der Waals surface area contributed by atoms with Gasteiger partial charge in [-0.2, -0.15) is 0 Å². The normalized spacial score (nSPS) is 10.9. The van der Waals surface area contributed by atoms with Crippen molar-refractivity contribution in [2.75, 3.05) is 7.11 Å². The molecule has 0 radical (unpaired) electrons. The van der Waals surface area contributed by atoms with Gasteiger partial charge in [0.15, 0.2) is 0 Å². The largest absolute Gasteiger partial charge is 0.469 e. The van der Waals surface area contributed by atoms with Crippen LogP contribution in [0.15, 0.2) is 34.1 Å². The third-order valence-corrected chi connectivity index (χ3v) is 4.00. The van der Waals surface area contributed by atoms with Crippen molar-refractivity contribution >= 4 is 28.3 Å². The van der Waals surface area contributed by atoms with E-state index < -0.39 is 0 Å². The highest BCUT2D eigenvalue weighted by molar-refractivity contribution is 7.13. The number of hydrogen-bond donors (Lipinski definition) is 0. The number of benzene rings is 1. The molecule has 0 unspecified atom stereocenters. The summed E-state index contributed by atoms with van der Waals surface area (Å²) in [6.45, 7) is 1.93. The van der Waals surface area contributed by atoms with Gasteiger partial charge in [-0.3, -0.25) is 4.79 Å². The SMILES string of the molecule is COC(=O)Cc1csc(-c2c(C)oc3ccccc23)n1. The van der Waals surface area contributed by atoms with E-state index in [4.69, 9.17) is 4.42 Å². The number of para-hydroxylation sites is 1. The van der Waals surface area contributed by atoms with Crippen LogP contribution < -0.4 is 0 Å². The Balaban J connectivity index is 2.03. The van der Waals surface area contributed by atoms with Crippen molar-refractivity contribution < 1.29 is 13.9 Å². The van der Waals surface area contributed by atoms with Gasteiger partial charge in [0.05, 0.1) is 24.8 Å². The number of aromatic nitrogens is 1. The molecule has 3 aromatic rings. The average molecular weight is 287 g/mol. The molecule has 0 N–H and O–H groups in total. The number of ether oxygens (including phenoxy) is 1. The highest BCUT2D eigenvalue weighted by atomic mass is 32.1. The fraction of sp³-hybridized carbons (Fsp3) is 0.200. The van der Waals surface area contributed by atoms with Gasteiger partial charge >= 0.3 is 5.97 Å². The van der Waals surface area contributed by atoms with Gasteiger partial charge in [0.25, 0.3) is 0 Å². The third-order valence-electron chi connectivity index (χ3n) is 3.09. The number of methoxy groups -OCH3 is 1. The van der Waals surface area contributed by atoms with E-state index in [1.807, 2.05) is 36.6 Å². The first-order chi connectivity index (χ1) is 9.69. The molecular formula is C15H13NO3S. The maximum atomic E-state index is 11.3. The summed E-state index contributed by atoms with van der Waals surface area (Å²) in [6, 6.07) is 7.88. The Labute approximate surface area is 120 Å². The molecule has 0 amide bonds. The van der Waals surface area contributed by atoms with Crippen LogP contribution in [-0.2, 0) is 16.0 Å². The van der Waals surface area contributed by atoms with E-state index in [1.54, 1.807) is 0 Å². The lowest BCUT2D eigenvalue weighted by atomic mass is 10.1. The molecule has 102 valence electrons. The standard InChI is InChI=1S/C15H13NO3S/c1-9-14(11-5-3-4-6-12(11)19-9)15-16-10(8-20-15)7-13(17)18-2/h3-6,8H,7H2,1-2H3. The molecule has 0 bridgehead atoms. The molecule has 5 heteroatoms. The number of furan rings is 1. The second-order valence-corrected chi connectivity index (χ2v) is 5.28. The zero-order valence-corrected chi connectivity index (χ0v) is 12.0. The van der Waals surface area contributed by atoms with Crippen LogP contribution in [0.1, 0.15) is 11.5 Å². The average Bonchev–Trinajstić information content (AvgIpc) is 3.01. The minimum absolute atomic E-state index is 0.196. The first-order valence-electron chi connectivity index (χ1n) is 6.18. The number of fused-ring (bicyclic) bond motifs is 1. The maximum Gasteiger partial charge on any atom is 0.311 e. The molecule has 0 saturated heterocycles.